The number of carbonyl (C=O) groups excluding carboxylic acids is 2. The van der Waals surface area contributed by atoms with Crippen molar-refractivity contribution >= 4 is 34.3 Å². The molecule has 2 aromatic carbocycles. The molecule has 2 aromatic heterocycles. The maximum absolute atomic E-state index is 13.2. The minimum atomic E-state index is -1.55. The highest BCUT2D eigenvalue weighted by Gasteiger charge is 2.53. The summed E-state index contributed by atoms with van der Waals surface area (Å²) in [6.45, 7) is 8.96. The summed E-state index contributed by atoms with van der Waals surface area (Å²) in [7, 11) is 1.40. The highest BCUT2D eigenvalue weighted by molar-refractivity contribution is 6.36. The number of hydrogen-bond donors (Lipinski definition) is 4. The van der Waals surface area contributed by atoms with Crippen molar-refractivity contribution in [3.63, 3.8) is 0 Å². The summed E-state index contributed by atoms with van der Waals surface area (Å²) in [6.07, 6.45) is -3.26. The molecular formula is C36H38ClNO11. The van der Waals surface area contributed by atoms with Crippen LogP contribution in [0, 0.1) is 6.92 Å². The van der Waals surface area contributed by atoms with Crippen molar-refractivity contribution in [3.8, 4) is 17.2 Å². The molecule has 1 unspecified atom stereocenters. The predicted octanol–water partition coefficient (Wildman–Crippen LogP) is 5.54. The third kappa shape index (κ3) is 7.37. The number of aromatic amines is 1. The predicted molar refractivity (Wildman–Crippen MR) is 180 cm³/mol. The molecule has 1 aliphatic heterocycles. The molecule has 1 aliphatic rings. The first-order chi connectivity index (χ1) is 23.1. The van der Waals surface area contributed by atoms with Gasteiger partial charge in [0.25, 0.3) is 0 Å². The monoisotopic (exact) mass is 695 g/mol. The van der Waals surface area contributed by atoms with Gasteiger partial charge in [-0.2, -0.15) is 0 Å². The number of ketones is 1. The van der Waals surface area contributed by atoms with E-state index in [2.05, 4.69) is 4.98 Å². The number of phenolic OH excluding ortho intramolecular Hbond substituents is 1. The van der Waals surface area contributed by atoms with E-state index >= 15 is 0 Å². The van der Waals surface area contributed by atoms with E-state index in [0.717, 1.165) is 11.3 Å². The largest absolute Gasteiger partial charge is 0.508 e. The van der Waals surface area contributed by atoms with Gasteiger partial charge in [0.2, 0.25) is 6.29 Å². The van der Waals surface area contributed by atoms with E-state index in [4.69, 9.17) is 35.0 Å². The van der Waals surface area contributed by atoms with Crippen molar-refractivity contribution in [1.82, 2.24) is 4.98 Å². The van der Waals surface area contributed by atoms with Crippen molar-refractivity contribution in [1.29, 1.82) is 0 Å². The zero-order valence-electron chi connectivity index (χ0n) is 27.8. The number of aryl methyl sites for hydroxylation is 1. The summed E-state index contributed by atoms with van der Waals surface area (Å²) in [5.74, 6) is -1.74. The van der Waals surface area contributed by atoms with Crippen molar-refractivity contribution in [2.45, 2.75) is 77.7 Å². The van der Waals surface area contributed by atoms with E-state index in [1.54, 1.807) is 39.0 Å². The van der Waals surface area contributed by atoms with Gasteiger partial charge in [-0.25, -0.2) is 9.59 Å². The van der Waals surface area contributed by atoms with Gasteiger partial charge in [-0.15, -0.1) is 0 Å². The second-order valence-electron chi connectivity index (χ2n) is 12.7. The van der Waals surface area contributed by atoms with Crippen LogP contribution in [0.2, 0.25) is 5.02 Å². The Kier molecular flexibility index (Phi) is 10.3. The lowest BCUT2D eigenvalue weighted by atomic mass is 9.89. The van der Waals surface area contributed by atoms with E-state index in [0.29, 0.717) is 12.0 Å². The van der Waals surface area contributed by atoms with E-state index in [1.807, 2.05) is 19.9 Å². The van der Waals surface area contributed by atoms with Crippen LogP contribution in [0.1, 0.15) is 65.4 Å². The molecule has 5 rings (SSSR count). The second-order valence-corrected chi connectivity index (χ2v) is 13.1. The molecule has 0 radical (unpaired) electrons. The SMILES string of the molecule is CO[C@@H]1[C@H](OC(=O)c2ccc(C)[nH]2)C(O)[C@H](Oc2ccc3c(O)c(CC(=O)c4ccc(O)c(CC=C(C)C)c4)c(=O)oc3c2Cl)OC1(C)C. The van der Waals surface area contributed by atoms with Crippen LogP contribution in [0.15, 0.2) is 63.3 Å². The lowest BCUT2D eigenvalue weighted by Gasteiger charge is -2.47. The second kappa shape index (κ2) is 14.1. The van der Waals surface area contributed by atoms with Gasteiger partial charge in [0.05, 0.1) is 16.6 Å². The fourth-order valence-electron chi connectivity index (χ4n) is 5.73. The fraction of sp³-hybridized carbons (Fsp3) is 0.361. The number of allylic oxidation sites excluding steroid dienone is 2. The van der Waals surface area contributed by atoms with Gasteiger partial charge < -0.3 is 43.7 Å². The first-order valence-corrected chi connectivity index (χ1v) is 15.9. The Hall–Kier alpha value is -4.62. The van der Waals surface area contributed by atoms with E-state index in [9.17, 15) is 29.7 Å². The van der Waals surface area contributed by atoms with Crippen LogP contribution in [0.4, 0.5) is 0 Å². The number of benzene rings is 2. The lowest BCUT2D eigenvalue weighted by Crippen LogP contribution is -2.65. The molecule has 0 spiro atoms. The summed E-state index contributed by atoms with van der Waals surface area (Å²) >= 11 is 6.61. The van der Waals surface area contributed by atoms with Crippen LogP contribution < -0.4 is 10.4 Å². The number of aliphatic hydroxyl groups is 1. The Morgan fingerprint density at radius 1 is 1.10 bits per heavy atom. The van der Waals surface area contributed by atoms with Crippen LogP contribution in [0.3, 0.4) is 0 Å². The van der Waals surface area contributed by atoms with Crippen LogP contribution in [-0.4, -0.2) is 69.4 Å². The number of H-pyrrole nitrogens is 1. The van der Waals surface area contributed by atoms with Gasteiger partial charge in [-0.3, -0.25) is 4.79 Å². The molecule has 13 heteroatoms. The van der Waals surface area contributed by atoms with Crippen LogP contribution in [0.25, 0.3) is 11.0 Å². The van der Waals surface area contributed by atoms with Crippen LogP contribution in [0.5, 0.6) is 17.2 Å². The smallest absolute Gasteiger partial charge is 0.355 e. The van der Waals surface area contributed by atoms with Crippen molar-refractivity contribution in [2.75, 3.05) is 7.11 Å². The van der Waals surface area contributed by atoms with Gasteiger partial charge in [0, 0.05) is 24.8 Å². The Morgan fingerprint density at radius 3 is 2.49 bits per heavy atom. The van der Waals surface area contributed by atoms with Gasteiger partial charge in [0.15, 0.2) is 23.6 Å². The average Bonchev–Trinajstić information content (AvgIpc) is 3.48. The first kappa shape index (κ1) is 35.7. The van der Waals surface area contributed by atoms with Crippen LogP contribution >= 0.6 is 11.6 Å². The van der Waals surface area contributed by atoms with Crippen LogP contribution in [-0.2, 0) is 27.1 Å². The van der Waals surface area contributed by atoms with Gasteiger partial charge in [-0.05, 0) is 89.1 Å². The van der Waals surface area contributed by atoms with Gasteiger partial charge in [-0.1, -0.05) is 23.3 Å². The summed E-state index contributed by atoms with van der Waals surface area (Å²) in [4.78, 5) is 42.1. The molecule has 12 nitrogen and oxygen atoms in total. The van der Waals surface area contributed by atoms with Crippen molar-refractivity contribution in [3.05, 3.63) is 97.6 Å². The summed E-state index contributed by atoms with van der Waals surface area (Å²) in [5, 5.41) is 32.4. The molecule has 4 atom stereocenters. The number of hydrogen-bond acceptors (Lipinski definition) is 11. The zero-order valence-corrected chi connectivity index (χ0v) is 28.6. The number of aromatic nitrogens is 1. The number of fused-ring (bicyclic) bond motifs is 1. The molecular weight excluding hydrogens is 658 g/mol. The molecule has 1 fully saturated rings. The number of aliphatic hydroxyl groups excluding tert-OH is 1. The van der Waals surface area contributed by atoms with Gasteiger partial charge in [0.1, 0.15) is 34.1 Å². The van der Waals surface area contributed by atoms with Gasteiger partial charge >= 0.3 is 11.6 Å². The molecule has 3 heterocycles. The summed E-state index contributed by atoms with van der Waals surface area (Å²) < 4.78 is 28.7. The third-order valence-electron chi connectivity index (χ3n) is 8.32. The Morgan fingerprint density at radius 2 is 1.84 bits per heavy atom. The lowest BCUT2D eigenvalue weighted by molar-refractivity contribution is -0.305. The number of ether oxygens (including phenoxy) is 4. The number of Topliss-reactive ketones (excluding diaryl/α,β-unsaturated/α-hetero) is 1. The molecule has 1 saturated heterocycles. The molecule has 260 valence electrons. The molecule has 0 saturated carbocycles. The van der Waals surface area contributed by atoms with E-state index in [1.165, 1.54) is 31.4 Å². The average molecular weight is 696 g/mol. The van der Waals surface area contributed by atoms with E-state index in [-0.39, 0.29) is 44.3 Å². The maximum Gasteiger partial charge on any atom is 0.355 e. The standard InChI is InChI=1S/C36H38ClNO11/c1-17(2)7-9-19-15-20(10-13-24(19)39)25(40)16-22-28(41)21-11-14-26(27(37)30(21)47-33(22)43)46-35-29(42)31(32(45-6)36(4,5)49-35)48-34(44)23-12-8-18(3)38-23/h7-8,10-15,29,31-32,35,38-39,41-42H,9,16H2,1-6H3/t29?,31-,32-,35-/m1/s1. The number of aromatic hydroxyl groups is 2. The molecule has 0 bridgehead atoms. The highest BCUT2D eigenvalue weighted by atomic mass is 35.5. The maximum atomic E-state index is 13.2. The number of methoxy groups -OCH3 is 1. The topological polar surface area (TPSA) is 178 Å². The summed E-state index contributed by atoms with van der Waals surface area (Å²) in [5.41, 5.74) is 0.121. The number of carbonyl (C=O) groups is 2. The minimum absolute atomic E-state index is 0.0335. The molecule has 4 N–H and O–H groups in total. The van der Waals surface area contributed by atoms with Crippen molar-refractivity contribution < 1.29 is 48.3 Å². The molecule has 49 heavy (non-hydrogen) atoms. The number of rotatable bonds is 10. The number of phenols is 1. The van der Waals surface area contributed by atoms with E-state index < -0.39 is 59.8 Å². The number of halogens is 1. The third-order valence-corrected chi connectivity index (χ3v) is 8.68. The number of esters is 1. The van der Waals surface area contributed by atoms with Crippen molar-refractivity contribution in [2.24, 2.45) is 0 Å². The molecule has 0 aliphatic carbocycles. The zero-order chi connectivity index (χ0) is 35.8. The first-order valence-electron chi connectivity index (χ1n) is 15.5. The normalized spacial score (nSPS) is 20.2. The highest BCUT2D eigenvalue weighted by Crippen LogP contribution is 2.40. The fourth-order valence-corrected chi connectivity index (χ4v) is 5.98. The minimum Gasteiger partial charge on any atom is -0.508 e. The number of nitrogens with one attached hydrogen (secondary N) is 1. The summed E-state index contributed by atoms with van der Waals surface area (Å²) in [6, 6.07) is 10.4. The Labute approximate surface area is 286 Å². The quantitative estimate of drug-likeness (QED) is 0.0708. The Bertz CT molecular complexity index is 1990. The Balaban J connectivity index is 1.40. The molecule has 4 aromatic rings. The molecule has 0 amide bonds.